The third kappa shape index (κ3) is 4.27. The fourth-order valence-corrected chi connectivity index (χ4v) is 3.30. The molecule has 0 bridgehead atoms. The highest BCUT2D eigenvalue weighted by atomic mass is 16.5. The van der Waals surface area contributed by atoms with Gasteiger partial charge in [0, 0.05) is 24.1 Å². The Morgan fingerprint density at radius 1 is 0.966 bits per heavy atom. The second-order valence-electron chi connectivity index (χ2n) is 6.90. The van der Waals surface area contributed by atoms with Crippen molar-refractivity contribution in [3.05, 3.63) is 89.9 Å². The number of carbonyl (C=O) groups is 3. The number of rotatable bonds is 6. The predicted molar refractivity (Wildman–Crippen MR) is 104 cm³/mol. The molecular weight excluding hydrogens is 370 g/mol. The van der Waals surface area contributed by atoms with E-state index in [4.69, 9.17) is 9.15 Å². The van der Waals surface area contributed by atoms with Crippen LogP contribution in [-0.2, 0) is 16.1 Å². The molecule has 1 aliphatic heterocycles. The predicted octanol–water partition coefficient (Wildman–Crippen LogP) is 3.46. The summed E-state index contributed by atoms with van der Waals surface area (Å²) in [6.45, 7) is 0.634. The number of furan rings is 1. The lowest BCUT2D eigenvalue weighted by Crippen LogP contribution is -2.27. The van der Waals surface area contributed by atoms with Crippen LogP contribution in [0, 0.1) is 5.92 Å². The van der Waals surface area contributed by atoms with Crippen LogP contribution < -0.4 is 4.74 Å². The van der Waals surface area contributed by atoms with E-state index in [1.54, 1.807) is 71.8 Å². The first kappa shape index (κ1) is 18.7. The molecule has 29 heavy (non-hydrogen) atoms. The van der Waals surface area contributed by atoms with Crippen LogP contribution in [0.1, 0.15) is 28.1 Å². The highest BCUT2D eigenvalue weighted by molar-refractivity contribution is 6.09. The maximum atomic E-state index is 12.5. The molecule has 6 nitrogen and oxygen atoms in total. The van der Waals surface area contributed by atoms with Crippen molar-refractivity contribution in [1.82, 2.24) is 4.90 Å². The second-order valence-corrected chi connectivity index (χ2v) is 6.90. The number of esters is 1. The monoisotopic (exact) mass is 389 g/mol. The van der Waals surface area contributed by atoms with E-state index in [9.17, 15) is 14.4 Å². The van der Waals surface area contributed by atoms with Crippen molar-refractivity contribution in [3.8, 4) is 5.75 Å². The van der Waals surface area contributed by atoms with Gasteiger partial charge in [-0.3, -0.25) is 14.4 Å². The molecule has 3 aromatic rings. The van der Waals surface area contributed by atoms with E-state index in [-0.39, 0.29) is 18.1 Å². The van der Waals surface area contributed by atoms with Crippen molar-refractivity contribution in [2.24, 2.45) is 5.92 Å². The maximum absolute atomic E-state index is 12.5. The molecule has 1 fully saturated rings. The summed E-state index contributed by atoms with van der Waals surface area (Å²) >= 11 is 0. The van der Waals surface area contributed by atoms with E-state index in [2.05, 4.69) is 0 Å². The first-order valence-electron chi connectivity index (χ1n) is 9.32. The SMILES string of the molecule is O=C(c1ccccc1)c1ccc(OC(=O)[C@@H]2CC(=O)N(Cc3ccco3)C2)cc1. The number of ether oxygens (including phenoxy) is 1. The van der Waals surface area contributed by atoms with Crippen LogP contribution in [0.5, 0.6) is 5.75 Å². The smallest absolute Gasteiger partial charge is 0.316 e. The first-order chi connectivity index (χ1) is 14.1. The molecule has 0 aliphatic carbocycles. The lowest BCUT2D eigenvalue weighted by molar-refractivity contribution is -0.139. The van der Waals surface area contributed by atoms with Crippen LogP contribution in [-0.4, -0.2) is 29.1 Å². The molecule has 0 unspecified atom stereocenters. The van der Waals surface area contributed by atoms with E-state index >= 15 is 0 Å². The summed E-state index contributed by atoms with van der Waals surface area (Å²) in [7, 11) is 0. The summed E-state index contributed by atoms with van der Waals surface area (Å²) in [4.78, 5) is 38.6. The van der Waals surface area contributed by atoms with Crippen molar-refractivity contribution in [2.45, 2.75) is 13.0 Å². The van der Waals surface area contributed by atoms with Crippen LogP contribution in [0.15, 0.2) is 77.4 Å². The Balaban J connectivity index is 1.36. The third-order valence-corrected chi connectivity index (χ3v) is 4.85. The molecule has 0 saturated carbocycles. The minimum Gasteiger partial charge on any atom is -0.467 e. The second kappa shape index (κ2) is 8.14. The van der Waals surface area contributed by atoms with Crippen LogP contribution in [0.4, 0.5) is 0 Å². The van der Waals surface area contributed by atoms with Crippen LogP contribution in [0.3, 0.4) is 0 Å². The number of ketones is 1. The van der Waals surface area contributed by atoms with E-state index in [0.29, 0.717) is 35.7 Å². The topological polar surface area (TPSA) is 76.8 Å². The highest BCUT2D eigenvalue weighted by Crippen LogP contribution is 2.23. The molecule has 1 aromatic heterocycles. The molecule has 2 aromatic carbocycles. The number of likely N-dealkylation sites (tertiary alicyclic amines) is 1. The molecule has 1 amide bonds. The van der Waals surface area contributed by atoms with Gasteiger partial charge in [0.25, 0.3) is 0 Å². The lowest BCUT2D eigenvalue weighted by Gasteiger charge is -2.14. The Labute approximate surface area is 167 Å². The minimum atomic E-state index is -0.525. The molecular formula is C23H19NO5. The van der Waals surface area contributed by atoms with E-state index < -0.39 is 11.9 Å². The number of amides is 1. The van der Waals surface area contributed by atoms with Gasteiger partial charge in [-0.05, 0) is 36.4 Å². The van der Waals surface area contributed by atoms with Crippen LogP contribution >= 0.6 is 0 Å². The summed E-state index contributed by atoms with van der Waals surface area (Å²) in [5.74, 6) is -0.168. The number of hydrogen-bond donors (Lipinski definition) is 0. The summed E-state index contributed by atoms with van der Waals surface area (Å²) in [5.41, 5.74) is 1.11. The molecule has 1 saturated heterocycles. The Morgan fingerprint density at radius 2 is 1.69 bits per heavy atom. The fourth-order valence-electron chi connectivity index (χ4n) is 3.30. The van der Waals surface area contributed by atoms with Gasteiger partial charge in [-0.15, -0.1) is 0 Å². The van der Waals surface area contributed by atoms with Gasteiger partial charge in [0.15, 0.2) is 5.78 Å². The molecule has 0 N–H and O–H groups in total. The van der Waals surface area contributed by atoms with Gasteiger partial charge in [0.2, 0.25) is 5.91 Å². The number of nitrogens with zero attached hydrogens (tertiary/aromatic N) is 1. The van der Waals surface area contributed by atoms with Crippen LogP contribution in [0.2, 0.25) is 0 Å². The number of benzene rings is 2. The van der Waals surface area contributed by atoms with Crippen LogP contribution in [0.25, 0.3) is 0 Å². The molecule has 6 heteroatoms. The maximum Gasteiger partial charge on any atom is 0.316 e. The zero-order chi connectivity index (χ0) is 20.2. The van der Waals surface area contributed by atoms with E-state index in [1.165, 1.54) is 0 Å². The molecule has 0 spiro atoms. The van der Waals surface area contributed by atoms with Crippen molar-refractivity contribution in [2.75, 3.05) is 6.54 Å². The fraction of sp³-hybridized carbons (Fsp3) is 0.174. The van der Waals surface area contributed by atoms with Gasteiger partial charge >= 0.3 is 5.97 Å². The van der Waals surface area contributed by atoms with Gasteiger partial charge in [0.05, 0.1) is 18.7 Å². The van der Waals surface area contributed by atoms with Crippen molar-refractivity contribution >= 4 is 17.7 Å². The van der Waals surface area contributed by atoms with Crippen molar-refractivity contribution in [1.29, 1.82) is 0 Å². The minimum absolute atomic E-state index is 0.0987. The Morgan fingerprint density at radius 3 is 2.38 bits per heavy atom. The molecule has 0 radical (unpaired) electrons. The van der Waals surface area contributed by atoms with Gasteiger partial charge in [-0.25, -0.2) is 0 Å². The molecule has 1 atom stereocenters. The van der Waals surface area contributed by atoms with Crippen molar-refractivity contribution < 1.29 is 23.5 Å². The zero-order valence-electron chi connectivity index (χ0n) is 15.6. The number of hydrogen-bond acceptors (Lipinski definition) is 5. The van der Waals surface area contributed by atoms with Gasteiger partial charge in [-0.2, -0.15) is 0 Å². The Kier molecular flexibility index (Phi) is 5.24. The first-order valence-corrected chi connectivity index (χ1v) is 9.32. The van der Waals surface area contributed by atoms with Gasteiger partial charge < -0.3 is 14.1 Å². The molecule has 2 heterocycles. The third-order valence-electron chi connectivity index (χ3n) is 4.85. The van der Waals surface area contributed by atoms with E-state index in [1.807, 2.05) is 6.07 Å². The average molecular weight is 389 g/mol. The zero-order valence-corrected chi connectivity index (χ0v) is 15.6. The normalized spacial score (nSPS) is 16.1. The summed E-state index contributed by atoms with van der Waals surface area (Å²) in [6, 6.07) is 18.9. The largest absolute Gasteiger partial charge is 0.467 e. The molecule has 4 rings (SSSR count). The average Bonchev–Trinajstić information content (AvgIpc) is 3.39. The van der Waals surface area contributed by atoms with E-state index in [0.717, 1.165) is 0 Å². The standard InChI is InChI=1S/C23H19NO5/c25-21-13-18(14-24(21)15-20-7-4-12-28-20)23(27)29-19-10-8-17(9-11-19)22(26)16-5-2-1-3-6-16/h1-12,18H,13-15H2/t18-/m1/s1. The Bertz CT molecular complexity index is 1010. The molecule has 146 valence electrons. The summed E-state index contributed by atoms with van der Waals surface area (Å²) < 4.78 is 10.7. The van der Waals surface area contributed by atoms with Crippen molar-refractivity contribution in [3.63, 3.8) is 0 Å². The quantitative estimate of drug-likeness (QED) is 0.367. The lowest BCUT2D eigenvalue weighted by atomic mass is 10.0. The highest BCUT2D eigenvalue weighted by Gasteiger charge is 2.36. The Hall–Kier alpha value is -3.67. The number of carbonyl (C=O) groups excluding carboxylic acids is 3. The summed E-state index contributed by atoms with van der Waals surface area (Å²) in [5, 5.41) is 0. The van der Waals surface area contributed by atoms with Gasteiger partial charge in [-0.1, -0.05) is 30.3 Å². The molecule has 1 aliphatic rings. The van der Waals surface area contributed by atoms with Gasteiger partial charge in [0.1, 0.15) is 11.5 Å². The summed E-state index contributed by atoms with van der Waals surface area (Å²) in [6.07, 6.45) is 1.66.